The van der Waals surface area contributed by atoms with Crippen LogP contribution in [0.4, 0.5) is 11.8 Å². The summed E-state index contributed by atoms with van der Waals surface area (Å²) in [5.74, 6) is -2.93. The molecule has 0 saturated heterocycles. The third-order valence-corrected chi connectivity index (χ3v) is 2.95. The van der Waals surface area contributed by atoms with E-state index in [1.54, 1.807) is 0 Å². The number of anilines is 2. The first kappa shape index (κ1) is 10.1. The molecule has 1 saturated carbocycles. The van der Waals surface area contributed by atoms with E-state index in [0.29, 0.717) is 0 Å². The monoisotopic (exact) mass is 328 g/mol. The number of aliphatic hydroxyl groups is 1. The topological polar surface area (TPSA) is 113 Å². The van der Waals surface area contributed by atoms with Crippen LogP contribution in [0.5, 0.6) is 0 Å². The van der Waals surface area contributed by atoms with Gasteiger partial charge in [-0.25, -0.2) is 4.98 Å². The minimum atomic E-state index is -3.22. The van der Waals surface area contributed by atoms with Crippen molar-refractivity contribution in [1.29, 1.82) is 0 Å². The summed E-state index contributed by atoms with van der Waals surface area (Å²) in [7, 11) is 0. The van der Waals surface area contributed by atoms with E-state index in [0.717, 1.165) is 6.20 Å². The predicted octanol–water partition coefficient (Wildman–Crippen LogP) is 1.75. The molecule has 4 unspecified atom stereocenters. The third-order valence-electron chi connectivity index (χ3n) is 2.95. The Labute approximate surface area is 146 Å². The van der Waals surface area contributed by atoms with Crippen molar-refractivity contribution in [1.82, 2.24) is 9.97 Å². The van der Waals surface area contributed by atoms with Crippen molar-refractivity contribution < 1.29 is 19.5 Å². The molecule has 4 atom stereocenters. The molecule has 1 aromatic rings. The molecule has 7 nitrogen and oxygen atoms in total. The van der Waals surface area contributed by atoms with Crippen molar-refractivity contribution in [2.45, 2.75) is 64.5 Å². The van der Waals surface area contributed by atoms with Crippen LogP contribution in [0, 0.1) is 5.92 Å². The second-order valence-electron chi connectivity index (χ2n) is 6.31. The Kier molecular flexibility index (Phi) is 2.93. The van der Waals surface area contributed by atoms with Crippen molar-refractivity contribution in [3.63, 3.8) is 0 Å². The second kappa shape index (κ2) is 6.70. The summed E-state index contributed by atoms with van der Waals surface area (Å²) in [4.78, 5) is 19.8. The molecular weight excluding hydrogens is 294 g/mol. The highest BCUT2D eigenvalue weighted by Gasteiger charge is 2.27. The zero-order chi connectivity index (χ0) is 23.5. The van der Waals surface area contributed by atoms with Gasteiger partial charge in [0, 0.05) is 24.6 Å². The maximum Gasteiger partial charge on any atom is 0.254 e. The van der Waals surface area contributed by atoms with Gasteiger partial charge < -0.3 is 21.5 Å². The molecule has 0 aromatic carbocycles. The predicted molar refractivity (Wildman–Crippen MR) is 90.4 cm³/mol. The minimum Gasteiger partial charge on any atom is -0.393 e. The van der Waals surface area contributed by atoms with Crippen LogP contribution in [0.25, 0.3) is 0 Å². The molecule has 1 amide bonds. The number of aromatic nitrogens is 2. The van der Waals surface area contributed by atoms with Crippen LogP contribution in [0.15, 0.2) is 6.20 Å². The Morgan fingerprint density at radius 2 is 2.26 bits per heavy atom. The summed E-state index contributed by atoms with van der Waals surface area (Å²) >= 11 is 0. The zero-order valence-corrected chi connectivity index (χ0v) is 13.6. The first-order valence-corrected chi connectivity index (χ1v) is 7.17. The fraction of sp³-hybridized carbons (Fsp3) is 0.688. The highest BCUT2D eigenvalue weighted by Crippen LogP contribution is 2.27. The maximum absolute atomic E-state index is 11.8. The highest BCUT2D eigenvalue weighted by atomic mass is 16.3. The van der Waals surface area contributed by atoms with Crippen molar-refractivity contribution in [2.24, 2.45) is 11.7 Å². The Morgan fingerprint density at radius 1 is 1.57 bits per heavy atom. The largest absolute Gasteiger partial charge is 0.393 e. The molecule has 0 spiro atoms. The van der Waals surface area contributed by atoms with E-state index < -0.39 is 54.4 Å². The van der Waals surface area contributed by atoms with Gasteiger partial charge in [0.25, 0.3) is 5.91 Å². The highest BCUT2D eigenvalue weighted by molar-refractivity contribution is 5.97. The number of nitrogens with one attached hydrogen (secondary N) is 2. The molecule has 7 heteroatoms. The lowest BCUT2D eigenvalue weighted by Gasteiger charge is -2.32. The van der Waals surface area contributed by atoms with Gasteiger partial charge in [0.1, 0.15) is 5.82 Å². The molecule has 0 radical (unpaired) electrons. The minimum absolute atomic E-state index is 0.00698. The fourth-order valence-electron chi connectivity index (χ4n) is 1.80. The van der Waals surface area contributed by atoms with Crippen molar-refractivity contribution in [2.75, 3.05) is 10.6 Å². The van der Waals surface area contributed by atoms with E-state index in [1.807, 2.05) is 20.8 Å². The van der Waals surface area contributed by atoms with E-state index >= 15 is 0 Å². The van der Waals surface area contributed by atoms with E-state index in [1.165, 1.54) is 6.92 Å². The second-order valence-corrected chi connectivity index (χ2v) is 6.31. The van der Waals surface area contributed by atoms with Gasteiger partial charge in [-0.2, -0.15) is 4.98 Å². The van der Waals surface area contributed by atoms with Crippen LogP contribution < -0.4 is 16.4 Å². The first-order chi connectivity index (χ1) is 13.3. The molecule has 5 N–H and O–H groups in total. The van der Waals surface area contributed by atoms with E-state index in [9.17, 15) is 9.90 Å². The van der Waals surface area contributed by atoms with Gasteiger partial charge in [0.15, 0.2) is 0 Å². The van der Waals surface area contributed by atoms with Gasteiger partial charge in [-0.05, 0) is 45.8 Å². The summed E-state index contributed by atoms with van der Waals surface area (Å²) in [6.07, 6.45) is -9.90. The number of nitrogens with two attached hydrogens (primary N) is 1. The molecule has 1 aliphatic rings. The Morgan fingerprint density at radius 3 is 2.87 bits per heavy atom. The van der Waals surface area contributed by atoms with Gasteiger partial charge in [0.05, 0.1) is 14.4 Å². The lowest BCUT2D eigenvalue weighted by Crippen LogP contribution is -2.36. The number of carbonyl (C=O) groups is 1. The quantitative estimate of drug-likeness (QED) is 0.669. The number of amides is 1. The zero-order valence-electron chi connectivity index (χ0n) is 20.6. The van der Waals surface area contributed by atoms with Crippen LogP contribution >= 0.6 is 0 Å². The van der Waals surface area contributed by atoms with E-state index in [-0.39, 0.29) is 11.5 Å². The van der Waals surface area contributed by atoms with Gasteiger partial charge in [-0.15, -0.1) is 0 Å². The number of primary amides is 1. The van der Waals surface area contributed by atoms with Crippen LogP contribution in [0.3, 0.4) is 0 Å². The number of rotatable bonds is 4. The first-order valence-electron chi connectivity index (χ1n) is 10.7. The maximum atomic E-state index is 11.8. The Balaban J connectivity index is 2.68. The van der Waals surface area contributed by atoms with Crippen LogP contribution in [0.1, 0.15) is 66.8 Å². The molecule has 0 bridgehead atoms. The molecule has 0 aliphatic heterocycles. The van der Waals surface area contributed by atoms with Crippen molar-refractivity contribution in [3.05, 3.63) is 11.8 Å². The third kappa shape index (κ3) is 4.79. The molecule has 128 valence electrons. The van der Waals surface area contributed by atoms with E-state index in [2.05, 4.69) is 20.6 Å². The fourth-order valence-corrected chi connectivity index (χ4v) is 1.80. The van der Waals surface area contributed by atoms with Gasteiger partial charge in [-0.1, -0.05) is 6.92 Å². The molecule has 1 aromatic heterocycles. The number of carbonyl (C=O) groups excluding carboxylic acids is 1. The smallest absolute Gasteiger partial charge is 0.254 e. The lowest BCUT2D eigenvalue weighted by molar-refractivity contribution is 0.0739. The van der Waals surface area contributed by atoms with Crippen LogP contribution in [-0.2, 0) is 0 Å². The lowest BCUT2D eigenvalue weighted by atomic mass is 9.85. The number of hydrogen-bond acceptors (Lipinski definition) is 6. The normalized spacial score (nSPS) is 43.4. The standard InChI is InChI=1S/C16H27N5O2/c1-9-5-6-10(7-12(9)22)19-14-11(13(17)23)8-18-15(20-14)21-16(2,3)4/h8-10,12,22H,5-7H2,1-4H3,(H2,17,23)(H2,18,19,20,21)/i5D,6D2,7D2,10D,12D. The van der Waals surface area contributed by atoms with Gasteiger partial charge in [0.2, 0.25) is 5.95 Å². The summed E-state index contributed by atoms with van der Waals surface area (Å²) in [6.45, 7) is 6.59. The Bertz CT molecular complexity index is 846. The molecule has 1 fully saturated rings. The molecule has 1 heterocycles. The number of hydrogen-bond donors (Lipinski definition) is 4. The summed E-state index contributed by atoms with van der Waals surface area (Å²) in [5, 5.41) is 15.7. The van der Waals surface area contributed by atoms with E-state index in [4.69, 9.17) is 15.3 Å². The summed E-state index contributed by atoms with van der Waals surface area (Å²) in [5.41, 5.74) is 4.48. The molecular formula is C16H27N5O2. The summed E-state index contributed by atoms with van der Waals surface area (Å²) in [6, 6.07) is -3.08. The molecule has 23 heavy (non-hydrogen) atoms. The van der Waals surface area contributed by atoms with Crippen molar-refractivity contribution in [3.8, 4) is 0 Å². The van der Waals surface area contributed by atoms with Crippen LogP contribution in [-0.4, -0.2) is 38.6 Å². The average Bonchev–Trinajstić information content (AvgIpc) is 2.57. The number of nitrogens with zero attached hydrogens (tertiary/aromatic N) is 2. The van der Waals surface area contributed by atoms with Gasteiger partial charge in [-0.3, -0.25) is 4.79 Å². The molecule has 1 aliphatic carbocycles. The van der Waals surface area contributed by atoms with Gasteiger partial charge >= 0.3 is 0 Å². The summed E-state index contributed by atoms with van der Waals surface area (Å²) < 4.78 is 57.9. The molecule has 2 rings (SSSR count). The van der Waals surface area contributed by atoms with Crippen molar-refractivity contribution >= 4 is 17.7 Å². The van der Waals surface area contributed by atoms with Crippen LogP contribution in [0.2, 0.25) is 0 Å². The Hall–Kier alpha value is -1.89. The average molecular weight is 328 g/mol. The SMILES string of the molecule is [2H]C1C(C)C([2H])(O)C([2H])([2H])C([2H])(Nc2nc(NC(C)(C)C)ncc2C(N)=O)C1([2H])[2H].